The molecule has 0 saturated heterocycles. The largest absolute Gasteiger partial charge is 0.305 e. The lowest BCUT2D eigenvalue weighted by atomic mass is 10.3. The highest BCUT2D eigenvalue weighted by Crippen LogP contribution is 1.80. The van der Waals surface area contributed by atoms with Gasteiger partial charge in [-0.1, -0.05) is 12.8 Å². The van der Waals surface area contributed by atoms with Crippen molar-refractivity contribution in [1.82, 2.24) is 10.2 Å². The molecule has 0 aliphatic carbocycles. The molecule has 0 spiro atoms. The number of nitrogens with one attached hydrogen (secondary N) is 1. The third-order valence-electron chi connectivity index (χ3n) is 1.73. The van der Waals surface area contributed by atoms with Crippen LogP contribution in [-0.2, 0) is 0 Å². The van der Waals surface area contributed by atoms with Crippen LogP contribution in [0.5, 0.6) is 0 Å². The molecule has 2 heteroatoms. The highest BCUT2D eigenvalue weighted by molar-refractivity contribution is 4.95. The van der Waals surface area contributed by atoms with Crippen LogP contribution in [0.2, 0.25) is 0 Å². The lowest BCUT2D eigenvalue weighted by molar-refractivity contribution is 0.347. The minimum absolute atomic E-state index is 0.195. The first-order chi connectivity index (χ1) is 5.20. The van der Waals surface area contributed by atoms with Crippen LogP contribution < -0.4 is 5.32 Å². The fraction of sp³-hybridized carbons (Fsp3) is 0.778. The fourth-order valence-corrected chi connectivity index (χ4v) is 0.689. The van der Waals surface area contributed by atoms with Crippen LogP contribution in [0.1, 0.15) is 13.8 Å². The molecule has 0 amide bonds. The Morgan fingerprint density at radius 2 is 2.27 bits per heavy atom. The summed E-state index contributed by atoms with van der Waals surface area (Å²) in [4.78, 5) is 2.25. The number of likely N-dealkylation sites (N-methyl/N-ethyl adjacent to an activating group) is 1. The average molecular weight is 154 g/mol. The zero-order valence-electron chi connectivity index (χ0n) is 7.72. The molecule has 11 heavy (non-hydrogen) atoms. The second kappa shape index (κ2) is 6.21. The van der Waals surface area contributed by atoms with Crippen molar-refractivity contribution in [1.29, 1.82) is 0 Å². The number of hydrogen-bond donors (Lipinski definition) is 1. The number of terminal acetylenes is 1. The molecule has 1 atom stereocenters. The van der Waals surface area contributed by atoms with E-state index in [1.165, 1.54) is 0 Å². The maximum absolute atomic E-state index is 5.20. The van der Waals surface area contributed by atoms with Crippen LogP contribution in [-0.4, -0.2) is 37.6 Å². The maximum Gasteiger partial charge on any atom is 0.0658 e. The summed E-state index contributed by atoms with van der Waals surface area (Å²) < 4.78 is 0. The maximum atomic E-state index is 5.20. The van der Waals surface area contributed by atoms with Crippen LogP contribution in [0.3, 0.4) is 0 Å². The minimum Gasteiger partial charge on any atom is -0.305 e. The molecule has 0 aromatic heterocycles. The number of rotatable bonds is 5. The van der Waals surface area contributed by atoms with Crippen molar-refractivity contribution < 1.29 is 0 Å². The molecule has 0 fully saturated rings. The van der Waals surface area contributed by atoms with Gasteiger partial charge in [0.25, 0.3) is 0 Å². The minimum atomic E-state index is 0.195. The van der Waals surface area contributed by atoms with E-state index in [-0.39, 0.29) is 6.04 Å². The van der Waals surface area contributed by atoms with Crippen molar-refractivity contribution in [2.75, 3.05) is 26.7 Å². The Labute approximate surface area is 70.0 Å². The molecule has 0 aliphatic heterocycles. The molecule has 64 valence electrons. The molecule has 1 unspecified atom stereocenters. The summed E-state index contributed by atoms with van der Waals surface area (Å²) in [5, 5.41) is 3.22. The molecular formula is C9H18N2. The second-order valence-corrected chi connectivity index (χ2v) is 2.74. The zero-order chi connectivity index (χ0) is 8.69. The summed E-state index contributed by atoms with van der Waals surface area (Å²) in [5.74, 6) is 2.63. The third-order valence-corrected chi connectivity index (χ3v) is 1.73. The number of hydrogen-bond acceptors (Lipinski definition) is 2. The molecule has 0 aliphatic rings. The van der Waals surface area contributed by atoms with Crippen molar-refractivity contribution in [3.8, 4) is 12.3 Å². The van der Waals surface area contributed by atoms with Crippen molar-refractivity contribution in [2.45, 2.75) is 19.9 Å². The molecule has 0 heterocycles. The SMILES string of the molecule is C#CC(C)NCCN(C)CC. The summed E-state index contributed by atoms with van der Waals surface area (Å²) in [6.07, 6.45) is 5.20. The van der Waals surface area contributed by atoms with Gasteiger partial charge in [-0.3, -0.25) is 0 Å². The highest BCUT2D eigenvalue weighted by atomic mass is 15.1. The fourth-order valence-electron chi connectivity index (χ4n) is 0.689. The summed E-state index contributed by atoms with van der Waals surface area (Å²) in [6, 6.07) is 0.195. The van der Waals surface area contributed by atoms with Crippen molar-refractivity contribution in [3.63, 3.8) is 0 Å². The van der Waals surface area contributed by atoms with Crippen LogP contribution in [0, 0.1) is 12.3 Å². The molecule has 1 N–H and O–H groups in total. The van der Waals surface area contributed by atoms with Gasteiger partial charge in [0.15, 0.2) is 0 Å². The van der Waals surface area contributed by atoms with Gasteiger partial charge >= 0.3 is 0 Å². The Bertz CT molecular complexity index is 126. The molecule has 2 nitrogen and oxygen atoms in total. The van der Waals surface area contributed by atoms with E-state index in [0.29, 0.717) is 0 Å². The molecule has 0 aromatic carbocycles. The van der Waals surface area contributed by atoms with E-state index < -0.39 is 0 Å². The van der Waals surface area contributed by atoms with E-state index >= 15 is 0 Å². The van der Waals surface area contributed by atoms with Gasteiger partial charge in [-0.15, -0.1) is 6.42 Å². The monoisotopic (exact) mass is 154 g/mol. The van der Waals surface area contributed by atoms with E-state index in [4.69, 9.17) is 6.42 Å². The lowest BCUT2D eigenvalue weighted by Gasteiger charge is -2.14. The van der Waals surface area contributed by atoms with Crippen LogP contribution in [0.4, 0.5) is 0 Å². The van der Waals surface area contributed by atoms with Gasteiger partial charge in [0.05, 0.1) is 6.04 Å². The first-order valence-corrected chi connectivity index (χ1v) is 4.08. The number of nitrogens with zero attached hydrogens (tertiary/aromatic N) is 1. The standard InChI is InChI=1S/C9H18N2/c1-5-9(3)10-7-8-11(4)6-2/h1,9-10H,6-8H2,2-4H3. The van der Waals surface area contributed by atoms with Crippen molar-refractivity contribution in [3.05, 3.63) is 0 Å². The summed E-state index contributed by atoms with van der Waals surface area (Å²) in [6.45, 7) is 7.25. The van der Waals surface area contributed by atoms with E-state index in [1.807, 2.05) is 6.92 Å². The normalized spacial score (nSPS) is 13.0. The molecule has 0 radical (unpaired) electrons. The molecular weight excluding hydrogens is 136 g/mol. The van der Waals surface area contributed by atoms with Crippen LogP contribution >= 0.6 is 0 Å². The Morgan fingerprint density at radius 1 is 1.64 bits per heavy atom. The van der Waals surface area contributed by atoms with Crippen LogP contribution in [0.25, 0.3) is 0 Å². The first kappa shape index (κ1) is 10.5. The predicted octanol–water partition coefficient (Wildman–Crippen LogP) is 0.549. The molecule has 0 saturated carbocycles. The average Bonchev–Trinajstić information content (AvgIpc) is 2.04. The Morgan fingerprint density at radius 3 is 2.73 bits per heavy atom. The second-order valence-electron chi connectivity index (χ2n) is 2.74. The highest BCUT2D eigenvalue weighted by Gasteiger charge is 1.96. The third kappa shape index (κ3) is 5.90. The zero-order valence-corrected chi connectivity index (χ0v) is 7.72. The Kier molecular flexibility index (Phi) is 5.91. The smallest absolute Gasteiger partial charge is 0.0658 e. The summed E-state index contributed by atoms with van der Waals surface area (Å²) in [7, 11) is 2.10. The van der Waals surface area contributed by atoms with E-state index in [0.717, 1.165) is 19.6 Å². The van der Waals surface area contributed by atoms with Gasteiger partial charge in [0.1, 0.15) is 0 Å². The molecule has 0 aromatic rings. The van der Waals surface area contributed by atoms with Crippen molar-refractivity contribution in [2.24, 2.45) is 0 Å². The van der Waals surface area contributed by atoms with Gasteiger partial charge < -0.3 is 10.2 Å². The Hall–Kier alpha value is -0.520. The Balaban J connectivity index is 3.21. The summed E-state index contributed by atoms with van der Waals surface area (Å²) >= 11 is 0. The van der Waals surface area contributed by atoms with Crippen LogP contribution in [0.15, 0.2) is 0 Å². The van der Waals surface area contributed by atoms with E-state index in [9.17, 15) is 0 Å². The summed E-state index contributed by atoms with van der Waals surface area (Å²) in [5.41, 5.74) is 0. The molecule has 0 rings (SSSR count). The van der Waals surface area contributed by atoms with E-state index in [2.05, 4.69) is 30.1 Å². The molecule has 0 bridgehead atoms. The lowest BCUT2D eigenvalue weighted by Crippen LogP contribution is -2.33. The predicted molar refractivity (Wildman–Crippen MR) is 49.5 cm³/mol. The van der Waals surface area contributed by atoms with Crippen molar-refractivity contribution >= 4 is 0 Å². The first-order valence-electron chi connectivity index (χ1n) is 4.08. The van der Waals surface area contributed by atoms with Gasteiger partial charge in [-0.05, 0) is 20.5 Å². The quantitative estimate of drug-likeness (QED) is 0.582. The van der Waals surface area contributed by atoms with Gasteiger partial charge in [0, 0.05) is 13.1 Å². The van der Waals surface area contributed by atoms with Gasteiger partial charge in [-0.2, -0.15) is 0 Å². The van der Waals surface area contributed by atoms with Gasteiger partial charge in [-0.25, -0.2) is 0 Å². The van der Waals surface area contributed by atoms with Gasteiger partial charge in [0.2, 0.25) is 0 Å². The topological polar surface area (TPSA) is 15.3 Å². The van der Waals surface area contributed by atoms with E-state index in [1.54, 1.807) is 0 Å².